The molecular formula is C20H16ClFN6O2. The third-order valence-corrected chi connectivity index (χ3v) is 4.68. The summed E-state index contributed by atoms with van der Waals surface area (Å²) >= 11 is 6.16. The van der Waals surface area contributed by atoms with Crippen molar-refractivity contribution in [3.8, 4) is 17.0 Å². The quantitative estimate of drug-likeness (QED) is 0.500. The Morgan fingerprint density at radius 2 is 2.10 bits per heavy atom. The molecule has 0 bridgehead atoms. The summed E-state index contributed by atoms with van der Waals surface area (Å²) in [6, 6.07) is 11.5. The fourth-order valence-electron chi connectivity index (χ4n) is 2.86. The summed E-state index contributed by atoms with van der Waals surface area (Å²) in [6.07, 6.45) is 1.88. The molecule has 2 aromatic carbocycles. The van der Waals surface area contributed by atoms with E-state index >= 15 is 0 Å². The van der Waals surface area contributed by atoms with Crippen molar-refractivity contribution in [2.75, 3.05) is 5.32 Å². The highest BCUT2D eigenvalue weighted by atomic mass is 35.5. The second kappa shape index (κ2) is 8.42. The van der Waals surface area contributed by atoms with Crippen molar-refractivity contribution in [1.82, 2.24) is 25.2 Å². The summed E-state index contributed by atoms with van der Waals surface area (Å²) in [4.78, 5) is 16.5. The Labute approximate surface area is 175 Å². The zero-order valence-electron chi connectivity index (χ0n) is 15.8. The molecule has 1 amide bonds. The molecule has 0 unspecified atom stereocenters. The number of tetrazole rings is 1. The third kappa shape index (κ3) is 4.20. The molecule has 0 radical (unpaired) electrons. The van der Waals surface area contributed by atoms with Gasteiger partial charge in [0.05, 0.1) is 22.6 Å². The van der Waals surface area contributed by atoms with Gasteiger partial charge in [-0.25, -0.2) is 9.37 Å². The van der Waals surface area contributed by atoms with E-state index in [-0.39, 0.29) is 24.4 Å². The van der Waals surface area contributed by atoms with Gasteiger partial charge < -0.3 is 9.73 Å². The Bertz CT molecular complexity index is 1210. The minimum atomic E-state index is -0.560. The standard InChI is InChI=1S/C20H16ClFN6O2/c1-12-25-26-27-28(12)13-6-7-16(22)17(10-13)24-19(29)8-9-20-23-11-18(30-20)14-4-2-3-5-15(14)21/h2-7,10-11H,8-9H2,1H3,(H,24,29). The predicted octanol–water partition coefficient (Wildman–Crippen LogP) is 3.99. The minimum Gasteiger partial charge on any atom is -0.441 e. The fraction of sp³-hybridized carbons (Fsp3) is 0.150. The van der Waals surface area contributed by atoms with Crippen LogP contribution in [0.4, 0.5) is 10.1 Å². The van der Waals surface area contributed by atoms with Crippen molar-refractivity contribution in [3.05, 3.63) is 71.2 Å². The number of rotatable bonds is 6. The first-order valence-electron chi connectivity index (χ1n) is 9.05. The molecular weight excluding hydrogens is 411 g/mol. The first-order chi connectivity index (χ1) is 14.5. The number of nitrogens with zero attached hydrogens (tertiary/aromatic N) is 5. The van der Waals surface area contributed by atoms with E-state index in [1.807, 2.05) is 18.2 Å². The molecule has 0 aliphatic carbocycles. The third-order valence-electron chi connectivity index (χ3n) is 4.35. The van der Waals surface area contributed by atoms with Gasteiger partial charge >= 0.3 is 0 Å². The minimum absolute atomic E-state index is 0.0385. The van der Waals surface area contributed by atoms with Crippen LogP contribution in [0.3, 0.4) is 0 Å². The molecule has 0 atom stereocenters. The van der Waals surface area contributed by atoms with Crippen LogP contribution in [0.5, 0.6) is 0 Å². The van der Waals surface area contributed by atoms with Crippen LogP contribution in [0.15, 0.2) is 53.1 Å². The summed E-state index contributed by atoms with van der Waals surface area (Å²) in [7, 11) is 0. The van der Waals surface area contributed by atoms with E-state index in [1.54, 1.807) is 19.2 Å². The molecule has 4 rings (SSSR count). The van der Waals surface area contributed by atoms with Gasteiger partial charge in [0.25, 0.3) is 0 Å². The van der Waals surface area contributed by atoms with Crippen LogP contribution in [-0.4, -0.2) is 31.1 Å². The van der Waals surface area contributed by atoms with Crippen molar-refractivity contribution in [1.29, 1.82) is 0 Å². The van der Waals surface area contributed by atoms with Gasteiger partial charge in [0, 0.05) is 18.4 Å². The molecule has 0 saturated carbocycles. The molecule has 1 N–H and O–H groups in total. The average Bonchev–Trinajstić information content (AvgIpc) is 3.37. The van der Waals surface area contributed by atoms with Gasteiger partial charge in [-0.05, 0) is 47.7 Å². The number of anilines is 1. The smallest absolute Gasteiger partial charge is 0.224 e. The number of halogens is 2. The van der Waals surface area contributed by atoms with Gasteiger partial charge in [0.1, 0.15) is 5.82 Å². The number of amides is 1. The first-order valence-corrected chi connectivity index (χ1v) is 9.43. The SMILES string of the molecule is Cc1nnnn1-c1ccc(F)c(NC(=O)CCc2ncc(-c3ccccc3Cl)o2)c1. The molecule has 4 aromatic rings. The maximum Gasteiger partial charge on any atom is 0.224 e. The van der Waals surface area contributed by atoms with E-state index < -0.39 is 5.82 Å². The molecule has 0 spiro atoms. The highest BCUT2D eigenvalue weighted by Gasteiger charge is 2.14. The van der Waals surface area contributed by atoms with Crippen LogP contribution in [0.2, 0.25) is 5.02 Å². The van der Waals surface area contributed by atoms with E-state index in [0.29, 0.717) is 28.2 Å². The number of carbonyl (C=O) groups excluding carboxylic acids is 1. The van der Waals surface area contributed by atoms with Crippen molar-refractivity contribution in [3.63, 3.8) is 0 Å². The number of nitrogens with one attached hydrogen (secondary N) is 1. The summed E-state index contributed by atoms with van der Waals surface area (Å²) in [5.74, 6) is 0.509. The van der Waals surface area contributed by atoms with E-state index in [2.05, 4.69) is 25.8 Å². The van der Waals surface area contributed by atoms with Gasteiger partial charge in [0.2, 0.25) is 5.91 Å². The van der Waals surface area contributed by atoms with Crippen molar-refractivity contribution < 1.29 is 13.6 Å². The van der Waals surface area contributed by atoms with Gasteiger partial charge in [-0.2, -0.15) is 4.68 Å². The van der Waals surface area contributed by atoms with Gasteiger partial charge in [0.15, 0.2) is 17.5 Å². The van der Waals surface area contributed by atoms with E-state index in [4.69, 9.17) is 16.0 Å². The molecule has 0 saturated heterocycles. The van der Waals surface area contributed by atoms with Gasteiger partial charge in [-0.15, -0.1) is 5.10 Å². The van der Waals surface area contributed by atoms with E-state index in [9.17, 15) is 9.18 Å². The van der Waals surface area contributed by atoms with Crippen LogP contribution >= 0.6 is 11.6 Å². The molecule has 2 aromatic heterocycles. The zero-order valence-corrected chi connectivity index (χ0v) is 16.6. The molecule has 2 heterocycles. The molecule has 30 heavy (non-hydrogen) atoms. The number of oxazole rings is 1. The number of hydrogen-bond donors (Lipinski definition) is 1. The van der Waals surface area contributed by atoms with Gasteiger partial charge in [-0.3, -0.25) is 4.79 Å². The largest absolute Gasteiger partial charge is 0.441 e. The molecule has 8 nitrogen and oxygen atoms in total. The van der Waals surface area contributed by atoms with E-state index in [0.717, 1.165) is 5.56 Å². The molecule has 0 fully saturated rings. The Hall–Kier alpha value is -3.59. The molecule has 152 valence electrons. The summed E-state index contributed by atoms with van der Waals surface area (Å²) in [6.45, 7) is 1.72. The summed E-state index contributed by atoms with van der Waals surface area (Å²) in [5, 5.41) is 14.3. The Kier molecular flexibility index (Phi) is 5.53. The van der Waals surface area contributed by atoms with E-state index in [1.165, 1.54) is 22.9 Å². The number of aromatic nitrogens is 5. The van der Waals surface area contributed by atoms with Crippen molar-refractivity contribution in [2.45, 2.75) is 19.8 Å². The fourth-order valence-corrected chi connectivity index (χ4v) is 3.08. The number of hydrogen-bond acceptors (Lipinski definition) is 6. The lowest BCUT2D eigenvalue weighted by Crippen LogP contribution is -2.14. The Morgan fingerprint density at radius 1 is 1.27 bits per heavy atom. The summed E-state index contributed by atoms with van der Waals surface area (Å²) in [5.41, 5.74) is 1.29. The predicted molar refractivity (Wildman–Crippen MR) is 108 cm³/mol. The number of aryl methyl sites for hydroxylation is 2. The number of carbonyl (C=O) groups is 1. The Morgan fingerprint density at radius 3 is 2.87 bits per heavy atom. The highest BCUT2D eigenvalue weighted by Crippen LogP contribution is 2.28. The topological polar surface area (TPSA) is 98.7 Å². The van der Waals surface area contributed by atoms with Crippen LogP contribution in [0.25, 0.3) is 17.0 Å². The summed E-state index contributed by atoms with van der Waals surface area (Å²) < 4.78 is 21.3. The van der Waals surface area contributed by atoms with Crippen LogP contribution in [-0.2, 0) is 11.2 Å². The lowest BCUT2D eigenvalue weighted by molar-refractivity contribution is -0.116. The second-order valence-corrected chi connectivity index (χ2v) is 6.86. The second-order valence-electron chi connectivity index (χ2n) is 6.45. The monoisotopic (exact) mass is 426 g/mol. The molecule has 0 aliphatic heterocycles. The maximum atomic E-state index is 14.1. The average molecular weight is 427 g/mol. The van der Waals surface area contributed by atoms with Crippen molar-refractivity contribution >= 4 is 23.2 Å². The van der Waals surface area contributed by atoms with Crippen LogP contribution < -0.4 is 5.32 Å². The zero-order chi connectivity index (χ0) is 21.1. The van der Waals surface area contributed by atoms with Crippen molar-refractivity contribution in [2.24, 2.45) is 0 Å². The molecule has 0 aliphatic rings. The van der Waals surface area contributed by atoms with Crippen LogP contribution in [0.1, 0.15) is 18.1 Å². The number of benzene rings is 2. The van der Waals surface area contributed by atoms with Gasteiger partial charge in [-0.1, -0.05) is 23.7 Å². The molecule has 10 heteroatoms. The Balaban J connectivity index is 1.41. The first kappa shape index (κ1) is 19.7. The lowest BCUT2D eigenvalue weighted by atomic mass is 10.2. The van der Waals surface area contributed by atoms with Crippen LogP contribution in [0, 0.1) is 12.7 Å². The maximum absolute atomic E-state index is 14.1. The lowest BCUT2D eigenvalue weighted by Gasteiger charge is -2.08. The highest BCUT2D eigenvalue weighted by molar-refractivity contribution is 6.33. The normalized spacial score (nSPS) is 10.9.